The maximum Gasteiger partial charge on any atom is 0.389 e. The third-order valence-electron chi connectivity index (χ3n) is 3.43. The largest absolute Gasteiger partial charge is 0.389 e. The second-order valence-corrected chi connectivity index (χ2v) is 5.06. The van der Waals surface area contributed by atoms with Gasteiger partial charge in [-0.2, -0.15) is 18.3 Å². The molecule has 0 N–H and O–H groups in total. The molecule has 106 valence electrons. The van der Waals surface area contributed by atoms with Crippen molar-refractivity contribution in [1.29, 1.82) is 0 Å². The van der Waals surface area contributed by atoms with E-state index in [0.717, 1.165) is 12.8 Å². The van der Waals surface area contributed by atoms with Gasteiger partial charge in [0.1, 0.15) is 5.78 Å². The summed E-state index contributed by atoms with van der Waals surface area (Å²) < 4.78 is 37.8. The van der Waals surface area contributed by atoms with Gasteiger partial charge in [0.2, 0.25) is 0 Å². The highest BCUT2D eigenvalue weighted by Gasteiger charge is 2.28. The molecule has 0 aliphatic heterocycles. The summed E-state index contributed by atoms with van der Waals surface area (Å²) >= 11 is 0. The summed E-state index contributed by atoms with van der Waals surface area (Å²) in [4.78, 5) is 11.4. The Morgan fingerprint density at radius 3 is 2.68 bits per heavy atom. The summed E-state index contributed by atoms with van der Waals surface area (Å²) in [5.74, 6) is -0.408. The first-order chi connectivity index (χ1) is 8.94. The molecule has 0 atom stereocenters. The number of carbonyl (C=O) groups is 1. The van der Waals surface area contributed by atoms with Crippen LogP contribution >= 0.6 is 0 Å². The molecule has 2 rings (SSSR count). The Balaban J connectivity index is 1.84. The van der Waals surface area contributed by atoms with E-state index in [-0.39, 0.29) is 6.42 Å². The number of Topliss-reactive ketones (excluding diaryl/α,β-unsaturated/α-hetero) is 1. The zero-order valence-electron chi connectivity index (χ0n) is 10.6. The zero-order valence-corrected chi connectivity index (χ0v) is 10.6. The molecule has 0 aromatic carbocycles. The number of halogens is 3. The Labute approximate surface area is 109 Å². The molecule has 1 saturated carbocycles. The van der Waals surface area contributed by atoms with Gasteiger partial charge in [0, 0.05) is 12.6 Å². The lowest BCUT2D eigenvalue weighted by molar-refractivity contribution is -0.143. The molecule has 0 amide bonds. The van der Waals surface area contributed by atoms with Gasteiger partial charge < -0.3 is 0 Å². The average molecular weight is 274 g/mol. The molecule has 0 radical (unpaired) electrons. The summed E-state index contributed by atoms with van der Waals surface area (Å²) in [7, 11) is 0. The number of aromatic nitrogens is 2. The second kappa shape index (κ2) is 5.75. The van der Waals surface area contributed by atoms with Crippen LogP contribution in [-0.4, -0.2) is 21.7 Å². The lowest BCUT2D eigenvalue weighted by atomic mass is 10.1. The molecule has 0 spiro atoms. The standard InChI is InChI=1S/C13H17F3N2O/c14-13(15,16)7-5-12(19)9-10-6-8-18(17-10)11-3-1-2-4-11/h6,8,11H,1-5,7,9H2. The van der Waals surface area contributed by atoms with Crippen molar-refractivity contribution in [2.45, 2.75) is 57.2 Å². The normalized spacial score (nSPS) is 17.0. The molecule has 19 heavy (non-hydrogen) atoms. The van der Waals surface area contributed by atoms with Crippen LogP contribution in [0.4, 0.5) is 13.2 Å². The van der Waals surface area contributed by atoms with Gasteiger partial charge >= 0.3 is 6.18 Å². The van der Waals surface area contributed by atoms with E-state index in [9.17, 15) is 18.0 Å². The highest BCUT2D eigenvalue weighted by molar-refractivity contribution is 5.80. The van der Waals surface area contributed by atoms with Gasteiger partial charge in [0.15, 0.2) is 0 Å². The van der Waals surface area contributed by atoms with E-state index in [0.29, 0.717) is 11.7 Å². The smallest absolute Gasteiger partial charge is 0.299 e. The Kier molecular flexibility index (Phi) is 4.27. The Morgan fingerprint density at radius 2 is 2.05 bits per heavy atom. The fraction of sp³-hybridized carbons (Fsp3) is 0.692. The molecule has 3 nitrogen and oxygen atoms in total. The molecular formula is C13H17F3N2O. The number of hydrogen-bond donors (Lipinski definition) is 0. The summed E-state index contributed by atoms with van der Waals surface area (Å²) in [6.07, 6.45) is 0.590. The lowest BCUT2D eigenvalue weighted by Gasteiger charge is -2.08. The van der Waals surface area contributed by atoms with Crippen molar-refractivity contribution in [3.63, 3.8) is 0 Å². The van der Waals surface area contributed by atoms with Gasteiger partial charge in [0.05, 0.1) is 24.6 Å². The topological polar surface area (TPSA) is 34.9 Å². The van der Waals surface area contributed by atoms with E-state index in [1.807, 2.05) is 10.9 Å². The number of ketones is 1. The van der Waals surface area contributed by atoms with Crippen LogP contribution in [0.5, 0.6) is 0 Å². The van der Waals surface area contributed by atoms with Crippen LogP contribution in [-0.2, 0) is 11.2 Å². The molecule has 1 aliphatic rings. The molecule has 0 unspecified atom stereocenters. The molecule has 0 saturated heterocycles. The van der Waals surface area contributed by atoms with E-state index >= 15 is 0 Å². The highest BCUT2D eigenvalue weighted by Crippen LogP contribution is 2.28. The van der Waals surface area contributed by atoms with E-state index in [2.05, 4.69) is 5.10 Å². The summed E-state index contributed by atoms with van der Waals surface area (Å²) in [6.45, 7) is 0. The van der Waals surface area contributed by atoms with Crippen molar-refractivity contribution >= 4 is 5.78 Å². The number of rotatable bonds is 5. The summed E-state index contributed by atoms with van der Waals surface area (Å²) in [6, 6.07) is 2.11. The molecule has 1 aliphatic carbocycles. The monoisotopic (exact) mass is 274 g/mol. The Morgan fingerprint density at radius 1 is 1.37 bits per heavy atom. The van der Waals surface area contributed by atoms with Crippen LogP contribution in [0.2, 0.25) is 0 Å². The lowest BCUT2D eigenvalue weighted by Crippen LogP contribution is -2.13. The molecule has 1 aromatic heterocycles. The predicted octanol–water partition coefficient (Wildman–Crippen LogP) is 3.45. The van der Waals surface area contributed by atoms with Crippen molar-refractivity contribution in [2.75, 3.05) is 0 Å². The van der Waals surface area contributed by atoms with E-state index in [1.165, 1.54) is 12.8 Å². The summed E-state index contributed by atoms with van der Waals surface area (Å²) in [5, 5.41) is 4.29. The van der Waals surface area contributed by atoms with E-state index in [1.54, 1.807) is 6.07 Å². The fourth-order valence-corrected chi connectivity index (χ4v) is 2.42. The maximum absolute atomic E-state index is 12.0. The van der Waals surface area contributed by atoms with Crippen molar-refractivity contribution < 1.29 is 18.0 Å². The number of hydrogen-bond acceptors (Lipinski definition) is 2. The predicted molar refractivity (Wildman–Crippen MR) is 63.7 cm³/mol. The molecule has 6 heteroatoms. The molecule has 1 heterocycles. The van der Waals surface area contributed by atoms with Crippen LogP contribution in [0.3, 0.4) is 0 Å². The van der Waals surface area contributed by atoms with E-state index in [4.69, 9.17) is 0 Å². The van der Waals surface area contributed by atoms with Crippen molar-refractivity contribution in [3.8, 4) is 0 Å². The minimum absolute atomic E-state index is 0.00417. The first-order valence-corrected chi connectivity index (χ1v) is 6.56. The molecule has 1 fully saturated rings. The average Bonchev–Trinajstić information content (AvgIpc) is 2.94. The number of carbonyl (C=O) groups excluding carboxylic acids is 1. The van der Waals surface area contributed by atoms with Gasteiger partial charge in [0.25, 0.3) is 0 Å². The fourth-order valence-electron chi connectivity index (χ4n) is 2.42. The third-order valence-corrected chi connectivity index (χ3v) is 3.43. The second-order valence-electron chi connectivity index (χ2n) is 5.06. The molecule has 0 bridgehead atoms. The van der Waals surface area contributed by atoms with Crippen molar-refractivity contribution in [1.82, 2.24) is 9.78 Å². The van der Waals surface area contributed by atoms with Gasteiger partial charge in [-0.1, -0.05) is 12.8 Å². The third kappa shape index (κ3) is 4.36. The van der Waals surface area contributed by atoms with Crippen LogP contribution in [0.1, 0.15) is 50.3 Å². The van der Waals surface area contributed by atoms with Crippen LogP contribution in [0, 0.1) is 0 Å². The Hall–Kier alpha value is -1.33. The SMILES string of the molecule is O=C(CCC(F)(F)F)Cc1ccn(C2CCCC2)n1. The van der Waals surface area contributed by atoms with Gasteiger partial charge in [-0.15, -0.1) is 0 Å². The van der Waals surface area contributed by atoms with Crippen LogP contribution in [0.15, 0.2) is 12.3 Å². The van der Waals surface area contributed by atoms with Crippen molar-refractivity contribution in [2.24, 2.45) is 0 Å². The minimum atomic E-state index is -4.27. The number of alkyl halides is 3. The molecular weight excluding hydrogens is 257 g/mol. The Bertz CT molecular complexity index is 433. The highest BCUT2D eigenvalue weighted by atomic mass is 19.4. The molecule has 1 aromatic rings. The van der Waals surface area contributed by atoms with Crippen molar-refractivity contribution in [3.05, 3.63) is 18.0 Å². The van der Waals surface area contributed by atoms with Gasteiger partial charge in [-0.05, 0) is 18.9 Å². The van der Waals surface area contributed by atoms with Gasteiger partial charge in [-0.25, -0.2) is 0 Å². The first kappa shape index (κ1) is 14.1. The van der Waals surface area contributed by atoms with Gasteiger partial charge in [-0.3, -0.25) is 9.48 Å². The zero-order chi connectivity index (χ0) is 13.9. The van der Waals surface area contributed by atoms with Crippen LogP contribution in [0.25, 0.3) is 0 Å². The summed E-state index contributed by atoms with van der Waals surface area (Å²) in [5.41, 5.74) is 0.569. The van der Waals surface area contributed by atoms with Crippen LogP contribution < -0.4 is 0 Å². The minimum Gasteiger partial charge on any atom is -0.299 e. The number of nitrogens with zero attached hydrogens (tertiary/aromatic N) is 2. The first-order valence-electron chi connectivity index (χ1n) is 6.56. The quantitative estimate of drug-likeness (QED) is 0.824. The van der Waals surface area contributed by atoms with E-state index < -0.39 is 24.8 Å². The maximum atomic E-state index is 12.0.